The van der Waals surface area contributed by atoms with Crippen LogP contribution >= 0.6 is 0 Å². The van der Waals surface area contributed by atoms with Gasteiger partial charge in [0.15, 0.2) is 5.82 Å². The Balaban J connectivity index is 2.85. The van der Waals surface area contributed by atoms with E-state index in [1.807, 2.05) is 13.8 Å². The van der Waals surface area contributed by atoms with Crippen LogP contribution in [-0.4, -0.2) is 15.2 Å². The third-order valence-corrected chi connectivity index (χ3v) is 0.971. The normalized spacial score (nSPS) is 10.1. The predicted octanol–water partition coefficient (Wildman–Crippen LogP) is 0.795. The fraction of sp³-hybridized carbons (Fsp3) is 0.500. The minimum atomic E-state index is 0.343. The molecule has 0 spiro atoms. The highest BCUT2D eigenvalue weighted by Gasteiger charge is 1.98. The first-order chi connectivity index (χ1) is 4.30. The molecule has 0 unspecified atom stereocenters. The lowest BCUT2D eigenvalue weighted by Crippen LogP contribution is -1.97. The molecule has 0 aliphatic carbocycles. The van der Waals surface area contributed by atoms with E-state index in [0.29, 0.717) is 5.92 Å². The molecule has 1 aromatic rings. The van der Waals surface area contributed by atoms with Crippen LogP contribution in [0.15, 0.2) is 6.20 Å². The fourth-order valence-corrected chi connectivity index (χ4v) is 0.476. The third kappa shape index (κ3) is 1.45. The zero-order chi connectivity index (χ0) is 6.69. The summed E-state index contributed by atoms with van der Waals surface area (Å²) in [6.07, 6.45) is 4.07. The lowest BCUT2D eigenvalue weighted by Gasteiger charge is -1.97. The highest BCUT2D eigenvalue weighted by Crippen LogP contribution is 2.03. The van der Waals surface area contributed by atoms with Crippen molar-refractivity contribution < 1.29 is 0 Å². The molecular formula is C6H8N3. The molecule has 0 saturated heterocycles. The van der Waals surface area contributed by atoms with Gasteiger partial charge in [0, 0.05) is 5.92 Å². The van der Waals surface area contributed by atoms with Crippen molar-refractivity contribution in [1.29, 1.82) is 0 Å². The molecule has 1 rings (SSSR count). The van der Waals surface area contributed by atoms with E-state index >= 15 is 0 Å². The van der Waals surface area contributed by atoms with Gasteiger partial charge in [-0.25, -0.2) is 4.98 Å². The number of hydrogen-bond acceptors (Lipinski definition) is 3. The van der Waals surface area contributed by atoms with Crippen LogP contribution in [0.1, 0.15) is 25.6 Å². The van der Waals surface area contributed by atoms with Crippen LogP contribution in [0.4, 0.5) is 0 Å². The Bertz CT molecular complexity index is 171. The maximum Gasteiger partial charge on any atom is 0.154 e. The van der Waals surface area contributed by atoms with Crippen LogP contribution in [0.2, 0.25) is 0 Å². The molecule has 1 radical (unpaired) electrons. The number of hydrogen-bond donors (Lipinski definition) is 0. The average Bonchev–Trinajstić information content (AvgIpc) is 1.90. The summed E-state index contributed by atoms with van der Waals surface area (Å²) >= 11 is 0. The second-order valence-electron chi connectivity index (χ2n) is 2.10. The van der Waals surface area contributed by atoms with Crippen LogP contribution in [0.3, 0.4) is 0 Å². The van der Waals surface area contributed by atoms with Gasteiger partial charge >= 0.3 is 0 Å². The van der Waals surface area contributed by atoms with Crippen molar-refractivity contribution in [2.24, 2.45) is 0 Å². The molecule has 0 saturated carbocycles. The number of nitrogens with zero attached hydrogens (tertiary/aromatic N) is 3. The second kappa shape index (κ2) is 2.53. The molecule has 1 heterocycles. The maximum atomic E-state index is 3.88. The van der Waals surface area contributed by atoms with E-state index in [-0.39, 0.29) is 0 Å². The Labute approximate surface area is 54.2 Å². The Morgan fingerprint density at radius 2 is 2.33 bits per heavy atom. The third-order valence-electron chi connectivity index (χ3n) is 0.971. The summed E-state index contributed by atoms with van der Waals surface area (Å²) in [5, 5.41) is 7.42. The molecule has 3 nitrogen and oxygen atoms in total. The quantitative estimate of drug-likeness (QED) is 0.553. The van der Waals surface area contributed by atoms with E-state index in [4.69, 9.17) is 0 Å². The lowest BCUT2D eigenvalue weighted by atomic mass is 10.2. The van der Waals surface area contributed by atoms with Crippen LogP contribution < -0.4 is 0 Å². The first-order valence-electron chi connectivity index (χ1n) is 2.86. The van der Waals surface area contributed by atoms with Crippen LogP contribution in [0.25, 0.3) is 0 Å². The minimum absolute atomic E-state index is 0.343. The van der Waals surface area contributed by atoms with Gasteiger partial charge in [0.05, 0.1) is 6.20 Å². The van der Waals surface area contributed by atoms with Crippen molar-refractivity contribution in [2.75, 3.05) is 0 Å². The van der Waals surface area contributed by atoms with Crippen LogP contribution in [0, 0.1) is 6.20 Å². The van der Waals surface area contributed by atoms with Crippen molar-refractivity contribution in [3.05, 3.63) is 18.2 Å². The van der Waals surface area contributed by atoms with Gasteiger partial charge in [-0.15, -0.1) is 5.10 Å². The first kappa shape index (κ1) is 6.13. The highest BCUT2D eigenvalue weighted by atomic mass is 15.1. The van der Waals surface area contributed by atoms with E-state index in [1.165, 1.54) is 6.20 Å². The molecule has 0 aliphatic rings. The van der Waals surface area contributed by atoms with Gasteiger partial charge in [-0.2, -0.15) is 5.10 Å². The van der Waals surface area contributed by atoms with E-state index in [1.54, 1.807) is 0 Å². The Morgan fingerprint density at radius 1 is 1.56 bits per heavy atom. The molecule has 0 N–H and O–H groups in total. The summed E-state index contributed by atoms with van der Waals surface area (Å²) < 4.78 is 0. The topological polar surface area (TPSA) is 38.7 Å². The molecule has 0 atom stereocenters. The van der Waals surface area contributed by atoms with Crippen molar-refractivity contribution in [3.63, 3.8) is 0 Å². The summed E-state index contributed by atoms with van der Waals surface area (Å²) in [6, 6.07) is 0. The zero-order valence-corrected chi connectivity index (χ0v) is 5.50. The second-order valence-corrected chi connectivity index (χ2v) is 2.10. The number of aromatic nitrogens is 3. The van der Waals surface area contributed by atoms with Gasteiger partial charge in [0.2, 0.25) is 0 Å². The standard InChI is InChI=1S/C6H8N3/c1-5(2)6-7-3-4-8-9-6/h4-5H,1-2H3. The van der Waals surface area contributed by atoms with E-state index in [2.05, 4.69) is 21.4 Å². The molecule has 1 aromatic heterocycles. The molecule has 9 heavy (non-hydrogen) atoms. The zero-order valence-electron chi connectivity index (χ0n) is 5.50. The molecule has 0 amide bonds. The van der Waals surface area contributed by atoms with Crippen molar-refractivity contribution in [1.82, 2.24) is 15.2 Å². The molecule has 47 valence electrons. The summed E-state index contributed by atoms with van der Waals surface area (Å²) in [7, 11) is 0. The highest BCUT2D eigenvalue weighted by molar-refractivity contribution is 4.86. The SMILES string of the molecule is CC(C)c1n[c]cnn1. The van der Waals surface area contributed by atoms with E-state index in [9.17, 15) is 0 Å². The smallest absolute Gasteiger partial charge is 0.154 e. The lowest BCUT2D eigenvalue weighted by molar-refractivity contribution is 0.733. The van der Waals surface area contributed by atoms with Crippen molar-refractivity contribution in [3.8, 4) is 0 Å². The van der Waals surface area contributed by atoms with E-state index in [0.717, 1.165) is 5.82 Å². The largest absolute Gasteiger partial charge is 0.227 e. The molecular weight excluding hydrogens is 114 g/mol. The fourth-order valence-electron chi connectivity index (χ4n) is 0.476. The summed E-state index contributed by atoms with van der Waals surface area (Å²) in [5.41, 5.74) is 0. The van der Waals surface area contributed by atoms with Crippen molar-refractivity contribution in [2.45, 2.75) is 19.8 Å². The Morgan fingerprint density at radius 3 is 2.67 bits per heavy atom. The molecule has 3 heteroatoms. The first-order valence-corrected chi connectivity index (χ1v) is 2.86. The minimum Gasteiger partial charge on any atom is -0.227 e. The van der Waals surface area contributed by atoms with Crippen LogP contribution in [-0.2, 0) is 0 Å². The Hall–Kier alpha value is -0.990. The predicted molar refractivity (Wildman–Crippen MR) is 32.8 cm³/mol. The summed E-state index contributed by atoms with van der Waals surface area (Å²) in [5.74, 6) is 1.09. The average molecular weight is 122 g/mol. The van der Waals surface area contributed by atoms with Crippen molar-refractivity contribution >= 4 is 0 Å². The molecule has 0 aromatic carbocycles. The Kier molecular flexibility index (Phi) is 1.72. The molecule has 0 aliphatic heterocycles. The van der Waals surface area contributed by atoms with Gasteiger partial charge in [-0.05, 0) is 0 Å². The van der Waals surface area contributed by atoms with E-state index < -0.39 is 0 Å². The van der Waals surface area contributed by atoms with Gasteiger partial charge in [-0.1, -0.05) is 13.8 Å². The van der Waals surface area contributed by atoms with Gasteiger partial charge in [0.25, 0.3) is 0 Å². The van der Waals surface area contributed by atoms with Gasteiger partial charge in [-0.3, -0.25) is 0 Å². The molecule has 0 fully saturated rings. The molecule has 0 bridgehead atoms. The monoisotopic (exact) mass is 122 g/mol. The van der Waals surface area contributed by atoms with Gasteiger partial charge < -0.3 is 0 Å². The maximum absolute atomic E-state index is 3.88. The van der Waals surface area contributed by atoms with Crippen LogP contribution in [0.5, 0.6) is 0 Å². The number of rotatable bonds is 1. The summed E-state index contributed by atoms with van der Waals surface area (Å²) in [6.45, 7) is 4.04. The summed E-state index contributed by atoms with van der Waals surface area (Å²) in [4.78, 5) is 3.88. The van der Waals surface area contributed by atoms with Gasteiger partial charge in [0.1, 0.15) is 6.20 Å².